The van der Waals surface area contributed by atoms with Gasteiger partial charge in [-0.25, -0.2) is 15.8 Å². The third-order valence-corrected chi connectivity index (χ3v) is 3.62. The highest BCUT2D eigenvalue weighted by molar-refractivity contribution is 5.67. The number of nitrogens with two attached hydrogens (primary N) is 1. The minimum absolute atomic E-state index is 0.561. The van der Waals surface area contributed by atoms with E-state index < -0.39 is 0 Å². The minimum Gasteiger partial charge on any atom is -0.350 e. The molecule has 3 heterocycles. The minimum atomic E-state index is 0.561. The summed E-state index contributed by atoms with van der Waals surface area (Å²) in [5, 5.41) is 0. The summed E-state index contributed by atoms with van der Waals surface area (Å²) in [7, 11) is 0. The van der Waals surface area contributed by atoms with E-state index in [2.05, 4.69) is 27.2 Å². The van der Waals surface area contributed by atoms with Gasteiger partial charge in [0.25, 0.3) is 0 Å². The standard InChI is InChI=1S/C12H18N6/c1-2-9-4-3-6-18(9)12-11-14-5-7-17(11)8-10(15-12)16-13/h5,7-9,16H,2-4,6,13H2,1H3. The average Bonchev–Trinajstić information content (AvgIpc) is 3.05. The van der Waals surface area contributed by atoms with Crippen LogP contribution < -0.4 is 16.2 Å². The number of aromatic nitrogens is 3. The second-order valence-electron chi connectivity index (χ2n) is 4.65. The van der Waals surface area contributed by atoms with Crippen molar-refractivity contribution < 1.29 is 0 Å². The van der Waals surface area contributed by atoms with E-state index in [4.69, 9.17) is 5.84 Å². The fourth-order valence-electron chi connectivity index (χ4n) is 2.72. The molecule has 6 nitrogen and oxygen atoms in total. The number of nitrogens with one attached hydrogen (secondary N) is 1. The fraction of sp³-hybridized carbons (Fsp3) is 0.500. The number of anilines is 2. The third kappa shape index (κ3) is 1.69. The molecule has 2 aromatic heterocycles. The second kappa shape index (κ2) is 4.45. The van der Waals surface area contributed by atoms with E-state index in [0.29, 0.717) is 11.9 Å². The largest absolute Gasteiger partial charge is 0.350 e. The molecule has 0 spiro atoms. The van der Waals surface area contributed by atoms with Crippen LogP contribution in [0, 0.1) is 0 Å². The summed E-state index contributed by atoms with van der Waals surface area (Å²) in [5.74, 6) is 7.07. The number of hydrogen-bond donors (Lipinski definition) is 2. The van der Waals surface area contributed by atoms with Gasteiger partial charge in [0, 0.05) is 25.0 Å². The van der Waals surface area contributed by atoms with Crippen LogP contribution in [0.5, 0.6) is 0 Å². The van der Waals surface area contributed by atoms with Crippen LogP contribution in [0.3, 0.4) is 0 Å². The van der Waals surface area contributed by atoms with Gasteiger partial charge >= 0.3 is 0 Å². The molecule has 2 aromatic rings. The molecule has 1 unspecified atom stereocenters. The average molecular weight is 246 g/mol. The van der Waals surface area contributed by atoms with Gasteiger partial charge in [-0.15, -0.1) is 0 Å². The van der Waals surface area contributed by atoms with Crippen LogP contribution >= 0.6 is 0 Å². The first-order valence-corrected chi connectivity index (χ1v) is 6.40. The first-order chi connectivity index (χ1) is 8.83. The third-order valence-electron chi connectivity index (χ3n) is 3.62. The predicted octanol–water partition coefficient (Wildman–Crippen LogP) is 1.39. The molecule has 0 aromatic carbocycles. The normalized spacial score (nSPS) is 19.7. The van der Waals surface area contributed by atoms with Crippen molar-refractivity contribution in [2.75, 3.05) is 16.9 Å². The Balaban J connectivity index is 2.11. The van der Waals surface area contributed by atoms with Gasteiger partial charge in [-0.3, -0.25) is 0 Å². The maximum Gasteiger partial charge on any atom is 0.180 e. The molecule has 1 fully saturated rings. The van der Waals surface area contributed by atoms with Crippen molar-refractivity contribution in [3.8, 4) is 0 Å². The van der Waals surface area contributed by atoms with E-state index in [1.54, 1.807) is 6.20 Å². The zero-order chi connectivity index (χ0) is 12.5. The van der Waals surface area contributed by atoms with Gasteiger partial charge in [0.05, 0.1) is 6.20 Å². The van der Waals surface area contributed by atoms with Gasteiger partial charge in [-0.1, -0.05) is 6.92 Å². The van der Waals surface area contributed by atoms with Crippen LogP contribution in [-0.2, 0) is 0 Å². The van der Waals surface area contributed by atoms with E-state index in [-0.39, 0.29) is 0 Å². The van der Waals surface area contributed by atoms with Crippen molar-refractivity contribution in [2.24, 2.45) is 5.84 Å². The Hall–Kier alpha value is -1.82. The van der Waals surface area contributed by atoms with Crippen LogP contribution in [0.15, 0.2) is 18.6 Å². The molecular weight excluding hydrogens is 228 g/mol. The van der Waals surface area contributed by atoms with Crippen LogP contribution in [-0.4, -0.2) is 27.0 Å². The maximum absolute atomic E-state index is 5.48. The Kier molecular flexibility index (Phi) is 2.79. The first-order valence-electron chi connectivity index (χ1n) is 6.40. The number of hydrogen-bond acceptors (Lipinski definition) is 5. The predicted molar refractivity (Wildman–Crippen MR) is 71.5 cm³/mol. The molecule has 3 N–H and O–H groups in total. The number of nitrogen functional groups attached to an aromatic ring is 1. The second-order valence-corrected chi connectivity index (χ2v) is 4.65. The lowest BCUT2D eigenvalue weighted by molar-refractivity contribution is 0.641. The van der Waals surface area contributed by atoms with Gasteiger partial charge in [-0.05, 0) is 19.3 Å². The number of fused-ring (bicyclic) bond motifs is 1. The van der Waals surface area contributed by atoms with Gasteiger partial charge in [0.15, 0.2) is 17.3 Å². The molecule has 18 heavy (non-hydrogen) atoms. The first kappa shape index (κ1) is 11.3. The lowest BCUT2D eigenvalue weighted by Crippen LogP contribution is -2.30. The number of hydrazine groups is 1. The molecule has 0 radical (unpaired) electrons. The lowest BCUT2D eigenvalue weighted by Gasteiger charge is -2.25. The summed E-state index contributed by atoms with van der Waals surface area (Å²) in [6, 6.07) is 0.561. The smallest absolute Gasteiger partial charge is 0.180 e. The van der Waals surface area contributed by atoms with Crippen molar-refractivity contribution in [2.45, 2.75) is 32.2 Å². The highest BCUT2D eigenvalue weighted by Gasteiger charge is 2.26. The van der Waals surface area contributed by atoms with Gasteiger partial charge in [-0.2, -0.15) is 0 Å². The van der Waals surface area contributed by atoms with Crippen LogP contribution in [0.1, 0.15) is 26.2 Å². The van der Waals surface area contributed by atoms with Crippen LogP contribution in [0.4, 0.5) is 11.6 Å². The van der Waals surface area contributed by atoms with Gasteiger partial charge in [0.1, 0.15) is 0 Å². The molecular formula is C12H18N6. The molecule has 0 bridgehead atoms. The lowest BCUT2D eigenvalue weighted by atomic mass is 10.2. The van der Waals surface area contributed by atoms with Gasteiger partial charge < -0.3 is 14.7 Å². The molecule has 1 saturated heterocycles. The Labute approximate surface area is 106 Å². The molecule has 0 saturated carbocycles. The Morgan fingerprint density at radius 3 is 3.22 bits per heavy atom. The van der Waals surface area contributed by atoms with E-state index in [9.17, 15) is 0 Å². The summed E-state index contributed by atoms with van der Waals surface area (Å²) in [4.78, 5) is 11.3. The summed E-state index contributed by atoms with van der Waals surface area (Å²) in [6.07, 6.45) is 9.13. The van der Waals surface area contributed by atoms with Crippen molar-refractivity contribution in [1.29, 1.82) is 0 Å². The zero-order valence-corrected chi connectivity index (χ0v) is 10.5. The summed E-state index contributed by atoms with van der Waals surface area (Å²) in [6.45, 7) is 3.26. The highest BCUT2D eigenvalue weighted by Crippen LogP contribution is 2.29. The van der Waals surface area contributed by atoms with Crippen molar-refractivity contribution in [1.82, 2.24) is 14.4 Å². The molecule has 6 heteroatoms. The number of nitrogens with zero attached hydrogens (tertiary/aromatic N) is 4. The molecule has 1 aliphatic heterocycles. The van der Waals surface area contributed by atoms with E-state index in [1.807, 2.05) is 16.8 Å². The molecule has 3 rings (SSSR count). The topological polar surface area (TPSA) is 71.5 Å². The summed E-state index contributed by atoms with van der Waals surface area (Å²) >= 11 is 0. The summed E-state index contributed by atoms with van der Waals surface area (Å²) < 4.78 is 1.96. The zero-order valence-electron chi connectivity index (χ0n) is 10.5. The molecule has 0 amide bonds. The van der Waals surface area contributed by atoms with Crippen molar-refractivity contribution in [3.05, 3.63) is 18.6 Å². The Morgan fingerprint density at radius 2 is 2.44 bits per heavy atom. The molecule has 1 aliphatic rings. The number of rotatable bonds is 3. The fourth-order valence-corrected chi connectivity index (χ4v) is 2.72. The van der Waals surface area contributed by atoms with Crippen LogP contribution in [0.2, 0.25) is 0 Å². The summed E-state index contributed by atoms with van der Waals surface area (Å²) in [5.41, 5.74) is 3.52. The van der Waals surface area contributed by atoms with E-state index in [0.717, 1.165) is 24.4 Å². The SMILES string of the molecule is CCC1CCCN1c1nc(NN)cn2ccnc12. The highest BCUT2D eigenvalue weighted by atomic mass is 15.3. The van der Waals surface area contributed by atoms with Crippen molar-refractivity contribution in [3.63, 3.8) is 0 Å². The Morgan fingerprint density at radius 1 is 1.56 bits per heavy atom. The monoisotopic (exact) mass is 246 g/mol. The van der Waals surface area contributed by atoms with Crippen molar-refractivity contribution >= 4 is 17.3 Å². The number of imidazole rings is 1. The van der Waals surface area contributed by atoms with Gasteiger partial charge in [0.2, 0.25) is 0 Å². The van der Waals surface area contributed by atoms with E-state index >= 15 is 0 Å². The van der Waals surface area contributed by atoms with E-state index in [1.165, 1.54) is 12.8 Å². The molecule has 0 aliphatic carbocycles. The molecule has 1 atom stereocenters. The Bertz CT molecular complexity index is 548. The maximum atomic E-state index is 5.48. The van der Waals surface area contributed by atoms with Crippen LogP contribution in [0.25, 0.3) is 5.65 Å². The quantitative estimate of drug-likeness (QED) is 0.632. The molecule has 96 valence electrons.